The Morgan fingerprint density at radius 3 is 2.83 bits per heavy atom. The zero-order valence-corrected chi connectivity index (χ0v) is 9.99. The third-order valence-electron chi connectivity index (χ3n) is 1.94. The van der Waals surface area contributed by atoms with E-state index in [4.69, 9.17) is 4.74 Å². The third-order valence-corrected chi connectivity index (χ3v) is 1.94. The van der Waals surface area contributed by atoms with Crippen LogP contribution in [-0.4, -0.2) is 17.5 Å². The molecule has 0 amide bonds. The van der Waals surface area contributed by atoms with Crippen LogP contribution in [0.2, 0.25) is 0 Å². The van der Waals surface area contributed by atoms with E-state index in [1.165, 1.54) is 6.92 Å². The Morgan fingerprint density at radius 1 is 1.50 bits per heavy atom. The molecule has 98 valence electrons. The monoisotopic (exact) mass is 255 g/mol. The van der Waals surface area contributed by atoms with E-state index in [2.05, 4.69) is 9.57 Å². The van der Waals surface area contributed by atoms with Gasteiger partial charge in [0.15, 0.2) is 0 Å². The van der Waals surface area contributed by atoms with Gasteiger partial charge in [-0.25, -0.2) is 4.79 Å². The van der Waals surface area contributed by atoms with Gasteiger partial charge in [-0.15, -0.1) is 10.1 Å². The molecular formula is C11H13NO6. The number of hydrogen-bond donors (Lipinski definition) is 0. The molecule has 7 nitrogen and oxygen atoms in total. The first-order chi connectivity index (χ1) is 8.47. The molecule has 0 N–H and O–H groups in total. The van der Waals surface area contributed by atoms with Crippen molar-refractivity contribution in [1.29, 1.82) is 0 Å². The predicted octanol–water partition coefficient (Wildman–Crippen LogP) is 2.20. The van der Waals surface area contributed by atoms with E-state index in [1.807, 2.05) is 25.1 Å². The minimum Gasteiger partial charge on any atom is -0.429 e. The summed E-state index contributed by atoms with van der Waals surface area (Å²) in [7, 11) is 0. The number of nitrogens with zero attached hydrogens (tertiary/aromatic N) is 1. The van der Waals surface area contributed by atoms with E-state index < -0.39 is 17.5 Å². The van der Waals surface area contributed by atoms with Crippen molar-refractivity contribution in [3.63, 3.8) is 0 Å². The summed E-state index contributed by atoms with van der Waals surface area (Å²) in [6.45, 7) is 3.16. The van der Waals surface area contributed by atoms with E-state index in [0.29, 0.717) is 0 Å². The van der Waals surface area contributed by atoms with E-state index in [-0.39, 0.29) is 6.61 Å². The second kappa shape index (κ2) is 6.43. The second-order valence-corrected chi connectivity index (χ2v) is 3.54. The highest BCUT2D eigenvalue weighted by Gasteiger charge is 2.13. The molecule has 0 saturated carbocycles. The minimum absolute atomic E-state index is 0.0334. The molecule has 1 aromatic rings. The molecule has 1 unspecified atom stereocenters. The molecular weight excluding hydrogens is 242 g/mol. The molecule has 0 aromatic heterocycles. The molecule has 0 radical (unpaired) electrons. The molecule has 1 rings (SSSR count). The third kappa shape index (κ3) is 5.15. The van der Waals surface area contributed by atoms with Crippen LogP contribution in [0.25, 0.3) is 0 Å². The Balaban J connectivity index is 2.35. The Kier molecular flexibility index (Phi) is 4.91. The van der Waals surface area contributed by atoms with Crippen LogP contribution in [0.5, 0.6) is 0 Å². The molecule has 0 aliphatic rings. The SMILES string of the molecule is Cc1cccc(COC(=O)OC(C)O[N+](=O)[O-])c1. The van der Waals surface area contributed by atoms with Gasteiger partial charge in [0.05, 0.1) is 0 Å². The van der Waals surface area contributed by atoms with Crippen molar-refractivity contribution in [2.45, 2.75) is 26.7 Å². The van der Waals surface area contributed by atoms with Gasteiger partial charge in [0.2, 0.25) is 6.29 Å². The van der Waals surface area contributed by atoms with E-state index in [1.54, 1.807) is 6.07 Å². The van der Waals surface area contributed by atoms with Crippen LogP contribution in [0.3, 0.4) is 0 Å². The molecule has 0 aliphatic heterocycles. The Labute approximate surface area is 103 Å². The molecule has 0 bridgehead atoms. The van der Waals surface area contributed by atoms with E-state index in [0.717, 1.165) is 11.1 Å². The topological polar surface area (TPSA) is 87.9 Å². The number of carbonyl (C=O) groups excluding carboxylic acids is 1. The van der Waals surface area contributed by atoms with Gasteiger partial charge in [-0.1, -0.05) is 29.8 Å². The van der Waals surface area contributed by atoms with Crippen molar-refractivity contribution in [3.8, 4) is 0 Å². The van der Waals surface area contributed by atoms with Crippen molar-refractivity contribution in [2.24, 2.45) is 0 Å². The summed E-state index contributed by atoms with van der Waals surface area (Å²) in [4.78, 5) is 25.1. The Hall–Kier alpha value is -2.31. The zero-order chi connectivity index (χ0) is 13.5. The molecule has 0 spiro atoms. The summed E-state index contributed by atoms with van der Waals surface area (Å²) in [5.74, 6) is 0. The van der Waals surface area contributed by atoms with Gasteiger partial charge in [-0.05, 0) is 19.4 Å². The van der Waals surface area contributed by atoms with Crippen LogP contribution < -0.4 is 0 Å². The fraction of sp³-hybridized carbons (Fsp3) is 0.364. The summed E-state index contributed by atoms with van der Waals surface area (Å²) in [5.41, 5.74) is 1.84. The Bertz CT molecular complexity index is 433. The maximum Gasteiger partial charge on any atom is 0.510 e. The highest BCUT2D eigenvalue weighted by atomic mass is 17.0. The van der Waals surface area contributed by atoms with E-state index in [9.17, 15) is 14.9 Å². The van der Waals surface area contributed by atoms with Gasteiger partial charge in [-0.2, -0.15) is 0 Å². The van der Waals surface area contributed by atoms with Gasteiger partial charge < -0.3 is 9.47 Å². The standard InChI is InChI=1S/C11H13NO6/c1-8-4-3-5-10(6-8)7-16-11(13)17-9(2)18-12(14)15/h3-6,9H,7H2,1-2H3. The zero-order valence-electron chi connectivity index (χ0n) is 9.99. The molecule has 0 heterocycles. The maximum absolute atomic E-state index is 11.1. The maximum atomic E-state index is 11.1. The quantitative estimate of drug-likeness (QED) is 0.347. The lowest BCUT2D eigenvalue weighted by Gasteiger charge is -2.11. The predicted molar refractivity (Wildman–Crippen MR) is 60.0 cm³/mol. The smallest absolute Gasteiger partial charge is 0.429 e. The van der Waals surface area contributed by atoms with Gasteiger partial charge in [0, 0.05) is 0 Å². The Morgan fingerprint density at radius 2 is 2.22 bits per heavy atom. The molecule has 0 fully saturated rings. The van der Waals surface area contributed by atoms with Crippen molar-refractivity contribution in [1.82, 2.24) is 0 Å². The van der Waals surface area contributed by atoms with Gasteiger partial charge in [0.25, 0.3) is 5.09 Å². The number of ether oxygens (including phenoxy) is 2. The summed E-state index contributed by atoms with van der Waals surface area (Å²) in [6, 6.07) is 7.38. The number of benzene rings is 1. The first-order valence-corrected chi connectivity index (χ1v) is 5.17. The normalized spacial score (nSPS) is 11.4. The van der Waals surface area contributed by atoms with Crippen molar-refractivity contribution in [2.75, 3.05) is 0 Å². The lowest BCUT2D eigenvalue weighted by molar-refractivity contribution is -0.777. The number of carbonyl (C=O) groups is 1. The minimum atomic E-state index is -1.30. The molecule has 18 heavy (non-hydrogen) atoms. The number of rotatable bonds is 5. The van der Waals surface area contributed by atoms with Crippen LogP contribution >= 0.6 is 0 Å². The van der Waals surface area contributed by atoms with Crippen LogP contribution in [-0.2, 0) is 20.9 Å². The van der Waals surface area contributed by atoms with Crippen molar-refractivity contribution < 1.29 is 24.2 Å². The largest absolute Gasteiger partial charge is 0.510 e. The number of hydrogen-bond acceptors (Lipinski definition) is 6. The van der Waals surface area contributed by atoms with Crippen LogP contribution in [0.4, 0.5) is 4.79 Å². The summed E-state index contributed by atoms with van der Waals surface area (Å²) in [6.07, 6.45) is -2.32. The number of aryl methyl sites for hydroxylation is 1. The summed E-state index contributed by atoms with van der Waals surface area (Å²) < 4.78 is 9.26. The first-order valence-electron chi connectivity index (χ1n) is 5.17. The average molecular weight is 255 g/mol. The molecule has 7 heteroatoms. The van der Waals surface area contributed by atoms with Crippen LogP contribution in [0, 0.1) is 17.0 Å². The fourth-order valence-corrected chi connectivity index (χ4v) is 1.26. The molecule has 1 aromatic carbocycles. The summed E-state index contributed by atoms with van der Waals surface area (Å²) in [5, 5.41) is 8.92. The first kappa shape index (κ1) is 13.8. The molecule has 0 aliphatic carbocycles. The van der Waals surface area contributed by atoms with E-state index >= 15 is 0 Å². The van der Waals surface area contributed by atoms with Gasteiger partial charge in [-0.3, -0.25) is 4.84 Å². The van der Waals surface area contributed by atoms with Gasteiger partial charge in [0.1, 0.15) is 6.61 Å². The van der Waals surface area contributed by atoms with Crippen LogP contribution in [0.1, 0.15) is 18.1 Å². The average Bonchev–Trinajstić information content (AvgIpc) is 2.25. The highest BCUT2D eigenvalue weighted by Crippen LogP contribution is 2.06. The van der Waals surface area contributed by atoms with Gasteiger partial charge >= 0.3 is 6.16 Å². The second-order valence-electron chi connectivity index (χ2n) is 3.54. The lowest BCUT2D eigenvalue weighted by atomic mass is 10.1. The van der Waals surface area contributed by atoms with Crippen molar-refractivity contribution in [3.05, 3.63) is 45.5 Å². The molecule has 0 saturated heterocycles. The molecule has 1 atom stereocenters. The fourth-order valence-electron chi connectivity index (χ4n) is 1.26. The highest BCUT2D eigenvalue weighted by molar-refractivity contribution is 5.60. The van der Waals surface area contributed by atoms with Crippen LogP contribution in [0.15, 0.2) is 24.3 Å². The summed E-state index contributed by atoms with van der Waals surface area (Å²) >= 11 is 0. The lowest BCUT2D eigenvalue weighted by Crippen LogP contribution is -2.21. The van der Waals surface area contributed by atoms with Crippen molar-refractivity contribution >= 4 is 6.16 Å².